The molecule has 2 fully saturated rings. The largest absolute Gasteiger partial charge is 0.358 e. The molecule has 1 aromatic heterocycles. The van der Waals surface area contributed by atoms with E-state index in [-0.39, 0.29) is 23.6 Å². The maximum Gasteiger partial charge on any atom is 0.240 e. The van der Waals surface area contributed by atoms with Crippen LogP contribution in [0.5, 0.6) is 0 Å². The SMILES string of the molecule is Cc1ccc(N2C(=O)[C@H]3[C@H](C2=O)[C@H](C(=O)c2cccs2)N2C=Cc4ccccc4[C@H]32)cc1C. The number of ketones is 1. The minimum atomic E-state index is -0.727. The number of imide groups is 1. The van der Waals surface area contributed by atoms with E-state index in [4.69, 9.17) is 0 Å². The summed E-state index contributed by atoms with van der Waals surface area (Å²) in [5.41, 5.74) is 4.70. The second-order valence-corrected chi connectivity index (χ2v) is 9.90. The predicted molar refractivity (Wildman–Crippen MR) is 128 cm³/mol. The number of carbonyl (C=O) groups excluding carboxylic acids is 3. The van der Waals surface area contributed by atoms with Crippen LogP contribution >= 0.6 is 11.3 Å². The summed E-state index contributed by atoms with van der Waals surface area (Å²) in [7, 11) is 0. The Morgan fingerprint density at radius 2 is 1.70 bits per heavy atom. The third-order valence-corrected chi connectivity index (χ3v) is 8.13. The van der Waals surface area contributed by atoms with Crippen molar-refractivity contribution in [3.63, 3.8) is 0 Å². The topological polar surface area (TPSA) is 57.7 Å². The molecule has 2 aromatic carbocycles. The van der Waals surface area contributed by atoms with E-state index in [0.29, 0.717) is 10.6 Å². The minimum absolute atomic E-state index is 0.102. The predicted octanol–water partition coefficient (Wildman–Crippen LogP) is 4.76. The highest BCUT2D eigenvalue weighted by molar-refractivity contribution is 7.12. The zero-order chi connectivity index (χ0) is 22.9. The van der Waals surface area contributed by atoms with Crippen molar-refractivity contribution in [2.24, 2.45) is 11.8 Å². The number of fused-ring (bicyclic) bond motifs is 5. The zero-order valence-corrected chi connectivity index (χ0v) is 19.1. The number of amides is 2. The number of aryl methyl sites for hydroxylation is 2. The Morgan fingerprint density at radius 1 is 0.909 bits per heavy atom. The number of Topliss-reactive ketones (excluding diaryl/α,β-unsaturated/α-hetero) is 1. The van der Waals surface area contributed by atoms with Gasteiger partial charge < -0.3 is 4.90 Å². The third-order valence-electron chi connectivity index (χ3n) is 7.24. The van der Waals surface area contributed by atoms with Gasteiger partial charge in [0, 0.05) is 6.20 Å². The molecule has 4 atom stereocenters. The molecule has 164 valence electrons. The van der Waals surface area contributed by atoms with Crippen molar-refractivity contribution in [2.45, 2.75) is 25.9 Å². The van der Waals surface area contributed by atoms with Gasteiger partial charge in [-0.1, -0.05) is 36.4 Å². The highest BCUT2D eigenvalue weighted by Gasteiger charge is 2.64. The highest BCUT2D eigenvalue weighted by Crippen LogP contribution is 2.53. The molecule has 0 aliphatic carbocycles. The molecule has 0 unspecified atom stereocenters. The Morgan fingerprint density at radius 3 is 2.45 bits per heavy atom. The van der Waals surface area contributed by atoms with Gasteiger partial charge in [0.2, 0.25) is 11.8 Å². The van der Waals surface area contributed by atoms with Crippen LogP contribution in [0.4, 0.5) is 5.69 Å². The summed E-state index contributed by atoms with van der Waals surface area (Å²) in [5.74, 6) is -1.96. The van der Waals surface area contributed by atoms with Crippen molar-refractivity contribution >= 4 is 40.7 Å². The Kier molecular flexibility index (Phi) is 4.42. The van der Waals surface area contributed by atoms with Gasteiger partial charge in [-0.25, -0.2) is 4.90 Å². The second-order valence-electron chi connectivity index (χ2n) is 8.96. The molecule has 6 rings (SSSR count). The van der Waals surface area contributed by atoms with Crippen molar-refractivity contribution in [1.82, 2.24) is 4.90 Å². The lowest BCUT2D eigenvalue weighted by atomic mass is 9.84. The van der Waals surface area contributed by atoms with Gasteiger partial charge in [-0.15, -0.1) is 11.3 Å². The van der Waals surface area contributed by atoms with Gasteiger partial charge in [-0.3, -0.25) is 14.4 Å². The number of carbonyl (C=O) groups is 3. The molecule has 0 bridgehead atoms. The normalized spacial score (nSPS) is 25.3. The summed E-state index contributed by atoms with van der Waals surface area (Å²) >= 11 is 1.37. The van der Waals surface area contributed by atoms with Crippen LogP contribution in [0.1, 0.15) is 38.0 Å². The van der Waals surface area contributed by atoms with E-state index in [0.717, 1.165) is 22.3 Å². The number of thiophene rings is 1. The summed E-state index contributed by atoms with van der Waals surface area (Å²) < 4.78 is 0. The molecule has 3 aliphatic heterocycles. The van der Waals surface area contributed by atoms with Crippen LogP contribution in [-0.4, -0.2) is 28.5 Å². The molecule has 5 nitrogen and oxygen atoms in total. The fraction of sp³-hybridized carbons (Fsp3) is 0.222. The summed E-state index contributed by atoms with van der Waals surface area (Å²) in [5, 5.41) is 1.86. The lowest BCUT2D eigenvalue weighted by Crippen LogP contribution is -2.44. The summed E-state index contributed by atoms with van der Waals surface area (Å²) in [4.78, 5) is 45.2. The summed E-state index contributed by atoms with van der Waals surface area (Å²) in [6.45, 7) is 3.97. The Labute approximate surface area is 195 Å². The molecule has 6 heteroatoms. The first-order valence-electron chi connectivity index (χ1n) is 11.0. The lowest BCUT2D eigenvalue weighted by Gasteiger charge is -2.35. The molecular formula is C27H22N2O3S. The van der Waals surface area contributed by atoms with Gasteiger partial charge in [-0.2, -0.15) is 0 Å². The highest BCUT2D eigenvalue weighted by atomic mass is 32.1. The smallest absolute Gasteiger partial charge is 0.240 e. The monoisotopic (exact) mass is 454 g/mol. The van der Waals surface area contributed by atoms with Crippen LogP contribution in [-0.2, 0) is 9.59 Å². The Bertz CT molecular complexity index is 1340. The fourth-order valence-corrected chi connectivity index (χ4v) is 6.24. The standard InChI is InChI=1S/C27H22N2O3S/c1-15-9-10-18(14-16(15)2)29-26(31)21-22(27(29)32)24(25(30)20-8-5-13-33-20)28-12-11-17-6-3-4-7-19(17)23(21)28/h3-14,21-24H,1-2H3/t21-,22-,23+,24+/m0/s1. The van der Waals surface area contributed by atoms with Gasteiger partial charge in [0.05, 0.1) is 28.4 Å². The minimum Gasteiger partial charge on any atom is -0.358 e. The lowest BCUT2D eigenvalue weighted by molar-refractivity contribution is -0.123. The van der Waals surface area contributed by atoms with E-state index < -0.39 is 17.9 Å². The third kappa shape index (κ3) is 2.80. The molecule has 3 aromatic rings. The van der Waals surface area contributed by atoms with Crippen LogP contribution in [0.15, 0.2) is 66.2 Å². The van der Waals surface area contributed by atoms with E-state index in [1.54, 1.807) is 6.07 Å². The Balaban J connectivity index is 1.51. The first-order chi connectivity index (χ1) is 16.0. The fourth-order valence-electron chi connectivity index (χ4n) is 5.54. The van der Waals surface area contributed by atoms with Gasteiger partial charge in [-0.05, 0) is 65.8 Å². The maximum atomic E-state index is 13.9. The number of rotatable bonds is 3. The molecule has 0 radical (unpaired) electrons. The summed E-state index contributed by atoms with van der Waals surface area (Å²) in [6, 6.07) is 16.1. The molecule has 2 saturated heterocycles. The van der Waals surface area contributed by atoms with Crippen LogP contribution in [0.3, 0.4) is 0 Å². The molecule has 0 N–H and O–H groups in total. The van der Waals surface area contributed by atoms with E-state index in [2.05, 4.69) is 0 Å². The van der Waals surface area contributed by atoms with Crippen LogP contribution in [0.25, 0.3) is 6.08 Å². The van der Waals surface area contributed by atoms with Crippen LogP contribution in [0, 0.1) is 25.7 Å². The van der Waals surface area contributed by atoms with Crippen molar-refractivity contribution in [1.29, 1.82) is 0 Å². The molecular weight excluding hydrogens is 432 g/mol. The molecule has 0 saturated carbocycles. The molecule has 33 heavy (non-hydrogen) atoms. The van der Waals surface area contributed by atoms with Crippen molar-refractivity contribution in [3.8, 4) is 0 Å². The van der Waals surface area contributed by atoms with E-state index in [1.165, 1.54) is 16.2 Å². The zero-order valence-electron chi connectivity index (χ0n) is 18.3. The number of hydrogen-bond acceptors (Lipinski definition) is 5. The first kappa shape index (κ1) is 20.1. The average molecular weight is 455 g/mol. The molecule has 0 spiro atoms. The van der Waals surface area contributed by atoms with Gasteiger partial charge >= 0.3 is 0 Å². The van der Waals surface area contributed by atoms with Crippen LogP contribution < -0.4 is 4.90 Å². The molecule has 4 heterocycles. The van der Waals surface area contributed by atoms with Crippen molar-refractivity contribution in [2.75, 3.05) is 4.90 Å². The number of nitrogens with zero attached hydrogens (tertiary/aromatic N) is 2. The average Bonchev–Trinajstić information content (AvgIpc) is 3.52. The Hall–Kier alpha value is -3.51. The van der Waals surface area contributed by atoms with Gasteiger partial charge in [0.25, 0.3) is 0 Å². The quantitative estimate of drug-likeness (QED) is 0.423. The van der Waals surface area contributed by atoms with Crippen LogP contribution in [0.2, 0.25) is 0 Å². The molecule has 3 aliphatic rings. The van der Waals surface area contributed by atoms with E-state index in [1.807, 2.05) is 84.9 Å². The van der Waals surface area contributed by atoms with Crippen molar-refractivity contribution < 1.29 is 14.4 Å². The van der Waals surface area contributed by atoms with E-state index >= 15 is 0 Å². The number of benzene rings is 2. The maximum absolute atomic E-state index is 13.9. The summed E-state index contributed by atoms with van der Waals surface area (Å²) in [6.07, 6.45) is 3.86. The number of anilines is 1. The second kappa shape index (κ2) is 7.25. The van der Waals surface area contributed by atoms with E-state index in [9.17, 15) is 14.4 Å². The first-order valence-corrected chi connectivity index (χ1v) is 11.9. The van der Waals surface area contributed by atoms with Gasteiger partial charge in [0.1, 0.15) is 6.04 Å². The van der Waals surface area contributed by atoms with Gasteiger partial charge in [0.15, 0.2) is 5.78 Å². The van der Waals surface area contributed by atoms with Crippen molar-refractivity contribution in [3.05, 3.63) is 93.3 Å². The number of hydrogen-bond donors (Lipinski definition) is 0. The molecule has 2 amide bonds.